The Labute approximate surface area is 395 Å². The summed E-state index contributed by atoms with van der Waals surface area (Å²) in [5.74, 6) is -0.994. The van der Waals surface area contributed by atoms with Gasteiger partial charge < -0.3 is 14.2 Å². The number of hydrogen-bond acceptors (Lipinski definition) is 6. The highest BCUT2D eigenvalue weighted by molar-refractivity contribution is 5.71. The summed E-state index contributed by atoms with van der Waals surface area (Å²) in [4.78, 5) is 38.0. The summed E-state index contributed by atoms with van der Waals surface area (Å²) >= 11 is 0. The number of allylic oxidation sites excluding steroid dienone is 14. The molecule has 0 bridgehead atoms. The molecule has 366 valence electrons. The van der Waals surface area contributed by atoms with E-state index in [0.717, 1.165) is 96.3 Å². The van der Waals surface area contributed by atoms with Gasteiger partial charge in [0.15, 0.2) is 6.10 Å². The van der Waals surface area contributed by atoms with Crippen molar-refractivity contribution >= 4 is 17.9 Å². The monoisotopic (exact) mass is 891 g/mol. The highest BCUT2D eigenvalue weighted by atomic mass is 16.6. The first-order chi connectivity index (χ1) is 31.5. The van der Waals surface area contributed by atoms with Crippen LogP contribution in [-0.2, 0) is 28.6 Å². The van der Waals surface area contributed by atoms with Gasteiger partial charge in [0.05, 0.1) is 0 Å². The standard InChI is InChI=1S/C58H98O6/c1-4-7-10-13-16-19-22-25-27-29-31-33-36-39-42-45-48-51-57(60)63-54-55(53-62-56(59)50-47-44-41-38-35-32-24-21-18-15-12-9-6-3)64-58(61)52-49-46-43-40-37-34-30-28-26-23-20-17-14-11-8-5-2/h8,11,16-17,19-20,25-28,32,35,41,44,55H,4-7,9-10,12-15,18,21-24,29-31,33-34,36-40,42-43,45-54H2,1-3H3/b11-8-,19-16-,20-17-,27-25-,28-26-,35-32-,44-41-. The Morgan fingerprint density at radius 2 is 0.641 bits per heavy atom. The third-order valence-electron chi connectivity index (χ3n) is 11.1. The molecule has 1 unspecified atom stereocenters. The molecule has 0 N–H and O–H groups in total. The van der Waals surface area contributed by atoms with E-state index in [-0.39, 0.29) is 37.5 Å². The van der Waals surface area contributed by atoms with Crippen LogP contribution in [0.1, 0.15) is 245 Å². The fraction of sp³-hybridized carbons (Fsp3) is 0.707. The summed E-state index contributed by atoms with van der Waals surface area (Å²) in [7, 11) is 0. The number of carbonyl (C=O) groups is 3. The number of esters is 3. The highest BCUT2D eigenvalue weighted by Crippen LogP contribution is 2.14. The Balaban J connectivity index is 4.47. The normalized spacial score (nSPS) is 12.7. The SMILES string of the molecule is CC/C=C\C/C=C\C/C=C\CCCCCCCCC(=O)OC(COC(=O)CC/C=C\C/C=C\CCCCCCCC)COC(=O)CCCCCCCCC/C=C\C/C=C\CCCCC. The first kappa shape index (κ1) is 60.6. The van der Waals surface area contributed by atoms with Gasteiger partial charge in [-0.05, 0) is 103 Å². The molecule has 0 aromatic rings. The largest absolute Gasteiger partial charge is 0.462 e. The number of rotatable bonds is 47. The number of hydrogen-bond donors (Lipinski definition) is 0. The van der Waals surface area contributed by atoms with E-state index in [4.69, 9.17) is 14.2 Å². The summed E-state index contributed by atoms with van der Waals surface area (Å²) in [6.07, 6.45) is 67.2. The van der Waals surface area contributed by atoms with Crippen LogP contribution < -0.4 is 0 Å². The molecule has 0 spiro atoms. The molecule has 0 aliphatic carbocycles. The number of unbranched alkanes of at least 4 members (excludes halogenated alkanes) is 22. The minimum absolute atomic E-state index is 0.104. The van der Waals surface area contributed by atoms with Crippen molar-refractivity contribution in [1.82, 2.24) is 0 Å². The molecule has 0 aromatic heterocycles. The van der Waals surface area contributed by atoms with Gasteiger partial charge in [-0.2, -0.15) is 0 Å². The van der Waals surface area contributed by atoms with Crippen LogP contribution in [0.2, 0.25) is 0 Å². The molecular formula is C58H98O6. The van der Waals surface area contributed by atoms with E-state index in [1.54, 1.807) is 0 Å². The van der Waals surface area contributed by atoms with Crippen molar-refractivity contribution < 1.29 is 28.6 Å². The van der Waals surface area contributed by atoms with Gasteiger partial charge in [0.25, 0.3) is 0 Å². The third kappa shape index (κ3) is 49.6. The van der Waals surface area contributed by atoms with Gasteiger partial charge in [-0.3, -0.25) is 14.4 Å². The lowest BCUT2D eigenvalue weighted by atomic mass is 10.1. The van der Waals surface area contributed by atoms with Crippen LogP contribution in [0, 0.1) is 0 Å². The van der Waals surface area contributed by atoms with Crippen molar-refractivity contribution in [2.24, 2.45) is 0 Å². The van der Waals surface area contributed by atoms with Crippen LogP contribution in [0.4, 0.5) is 0 Å². The van der Waals surface area contributed by atoms with Gasteiger partial charge in [0.2, 0.25) is 0 Å². The van der Waals surface area contributed by atoms with E-state index in [1.807, 2.05) is 6.08 Å². The van der Waals surface area contributed by atoms with Gasteiger partial charge in [-0.25, -0.2) is 0 Å². The minimum Gasteiger partial charge on any atom is -0.462 e. The molecule has 1 atom stereocenters. The van der Waals surface area contributed by atoms with E-state index < -0.39 is 6.10 Å². The summed E-state index contributed by atoms with van der Waals surface area (Å²) in [5.41, 5.74) is 0. The molecule has 0 aliphatic heterocycles. The van der Waals surface area contributed by atoms with Crippen molar-refractivity contribution in [3.05, 3.63) is 85.1 Å². The van der Waals surface area contributed by atoms with Crippen molar-refractivity contribution in [2.75, 3.05) is 13.2 Å². The summed E-state index contributed by atoms with van der Waals surface area (Å²) in [6, 6.07) is 0. The van der Waals surface area contributed by atoms with E-state index in [0.29, 0.717) is 19.3 Å². The Morgan fingerprint density at radius 3 is 1.08 bits per heavy atom. The zero-order valence-corrected chi connectivity index (χ0v) is 41.8. The minimum atomic E-state index is -0.809. The van der Waals surface area contributed by atoms with E-state index in [1.165, 1.54) is 103 Å². The first-order valence-corrected chi connectivity index (χ1v) is 26.6. The van der Waals surface area contributed by atoms with Gasteiger partial charge >= 0.3 is 17.9 Å². The molecule has 0 saturated carbocycles. The van der Waals surface area contributed by atoms with Crippen LogP contribution in [0.3, 0.4) is 0 Å². The molecule has 0 amide bonds. The lowest BCUT2D eigenvalue weighted by Crippen LogP contribution is -2.30. The second-order valence-electron chi connectivity index (χ2n) is 17.4. The zero-order chi connectivity index (χ0) is 46.5. The molecule has 0 rings (SSSR count). The maximum Gasteiger partial charge on any atom is 0.306 e. The molecule has 0 radical (unpaired) electrons. The molecule has 0 aliphatic rings. The Kier molecular flexibility index (Phi) is 49.4. The predicted molar refractivity (Wildman–Crippen MR) is 274 cm³/mol. The maximum absolute atomic E-state index is 12.8. The van der Waals surface area contributed by atoms with Crippen molar-refractivity contribution in [1.29, 1.82) is 0 Å². The summed E-state index contributed by atoms with van der Waals surface area (Å²) in [6.45, 7) is 6.42. The second-order valence-corrected chi connectivity index (χ2v) is 17.4. The van der Waals surface area contributed by atoms with Crippen molar-refractivity contribution in [2.45, 2.75) is 252 Å². The van der Waals surface area contributed by atoms with Gasteiger partial charge in [0, 0.05) is 19.3 Å². The Bertz CT molecular complexity index is 1250. The van der Waals surface area contributed by atoms with Crippen LogP contribution >= 0.6 is 0 Å². The predicted octanol–water partition coefficient (Wildman–Crippen LogP) is 17.6. The fourth-order valence-electron chi connectivity index (χ4n) is 7.13. The smallest absolute Gasteiger partial charge is 0.306 e. The van der Waals surface area contributed by atoms with Crippen molar-refractivity contribution in [3.8, 4) is 0 Å². The molecule has 0 heterocycles. The van der Waals surface area contributed by atoms with Crippen LogP contribution in [0.25, 0.3) is 0 Å². The van der Waals surface area contributed by atoms with Gasteiger partial charge in [0.1, 0.15) is 13.2 Å². The highest BCUT2D eigenvalue weighted by Gasteiger charge is 2.19. The lowest BCUT2D eigenvalue weighted by molar-refractivity contribution is -0.166. The Hall–Kier alpha value is -3.41. The van der Waals surface area contributed by atoms with Crippen LogP contribution in [0.5, 0.6) is 0 Å². The average Bonchev–Trinajstić information content (AvgIpc) is 3.29. The quantitative estimate of drug-likeness (QED) is 0.0262. The first-order valence-electron chi connectivity index (χ1n) is 26.6. The third-order valence-corrected chi connectivity index (χ3v) is 11.1. The second kappa shape index (κ2) is 52.2. The zero-order valence-electron chi connectivity index (χ0n) is 41.8. The topological polar surface area (TPSA) is 78.9 Å². The molecular weight excluding hydrogens is 793 g/mol. The van der Waals surface area contributed by atoms with Crippen molar-refractivity contribution in [3.63, 3.8) is 0 Å². The van der Waals surface area contributed by atoms with Crippen LogP contribution in [-0.4, -0.2) is 37.2 Å². The molecule has 0 saturated heterocycles. The molecule has 0 fully saturated rings. The van der Waals surface area contributed by atoms with E-state index >= 15 is 0 Å². The number of carbonyl (C=O) groups excluding carboxylic acids is 3. The maximum atomic E-state index is 12.8. The molecule has 6 nitrogen and oxygen atoms in total. The Morgan fingerprint density at radius 1 is 0.328 bits per heavy atom. The van der Waals surface area contributed by atoms with E-state index in [2.05, 4.69) is 99.8 Å². The fourth-order valence-corrected chi connectivity index (χ4v) is 7.13. The molecule has 6 heteroatoms. The van der Waals surface area contributed by atoms with E-state index in [9.17, 15) is 14.4 Å². The molecule has 64 heavy (non-hydrogen) atoms. The van der Waals surface area contributed by atoms with Crippen LogP contribution in [0.15, 0.2) is 85.1 Å². The number of ether oxygens (including phenoxy) is 3. The average molecular weight is 891 g/mol. The van der Waals surface area contributed by atoms with Gasteiger partial charge in [-0.1, -0.05) is 209 Å². The summed E-state index contributed by atoms with van der Waals surface area (Å²) < 4.78 is 16.7. The summed E-state index contributed by atoms with van der Waals surface area (Å²) in [5, 5.41) is 0. The van der Waals surface area contributed by atoms with Gasteiger partial charge in [-0.15, -0.1) is 0 Å². The lowest BCUT2D eigenvalue weighted by Gasteiger charge is -2.18. The molecule has 0 aromatic carbocycles.